The molecule has 0 unspecified atom stereocenters. The first-order chi connectivity index (χ1) is 11.0. The molecule has 1 amide bonds. The molecule has 2 heterocycles. The Kier molecular flexibility index (Phi) is 4.52. The van der Waals surface area contributed by atoms with E-state index in [1.165, 1.54) is 0 Å². The third kappa shape index (κ3) is 3.64. The van der Waals surface area contributed by atoms with Gasteiger partial charge < -0.3 is 14.2 Å². The van der Waals surface area contributed by atoms with Crippen LogP contribution in [0.1, 0.15) is 29.6 Å². The maximum Gasteiger partial charge on any atom is 0.260 e. The number of aryl methyl sites for hydroxylation is 2. The Bertz CT molecular complexity index is 716. The molecule has 1 saturated heterocycles. The molecule has 0 spiro atoms. The van der Waals surface area contributed by atoms with Crippen LogP contribution in [0.3, 0.4) is 0 Å². The first-order valence-corrected chi connectivity index (χ1v) is 7.87. The van der Waals surface area contributed by atoms with Crippen molar-refractivity contribution in [1.82, 2.24) is 15.0 Å². The predicted octanol–water partition coefficient (Wildman–Crippen LogP) is 2.73. The van der Waals surface area contributed by atoms with E-state index in [9.17, 15) is 4.79 Å². The van der Waals surface area contributed by atoms with Crippen molar-refractivity contribution in [3.05, 3.63) is 40.5 Å². The van der Waals surface area contributed by atoms with Crippen molar-refractivity contribution in [2.24, 2.45) is 0 Å². The lowest BCUT2D eigenvalue weighted by Crippen LogP contribution is -2.32. The molecule has 122 valence electrons. The van der Waals surface area contributed by atoms with Crippen molar-refractivity contribution in [3.8, 4) is 5.75 Å². The van der Waals surface area contributed by atoms with E-state index >= 15 is 0 Å². The highest BCUT2D eigenvalue weighted by Crippen LogP contribution is 2.26. The Hall–Kier alpha value is -2.08. The maximum absolute atomic E-state index is 12.3. The summed E-state index contributed by atoms with van der Waals surface area (Å²) in [6.07, 6.45) is 0.827. The fourth-order valence-electron chi connectivity index (χ4n) is 2.61. The number of hydrogen-bond donors (Lipinski definition) is 0. The molecule has 0 saturated carbocycles. The monoisotopic (exact) mass is 335 g/mol. The third-order valence-electron chi connectivity index (χ3n) is 3.93. The molecular weight excluding hydrogens is 318 g/mol. The standard InChI is InChI=1S/C16H18ClN3O3/c1-10-7-13(3-4-14(10)17)22-9-15(21)20-6-5-12(8-20)16-18-11(2)19-23-16/h3-4,7,12H,5-6,8-9H2,1-2H3/t12-/m1/s1. The Balaban J connectivity index is 1.54. The molecule has 7 heteroatoms. The van der Waals surface area contributed by atoms with Gasteiger partial charge in [0.15, 0.2) is 12.4 Å². The zero-order valence-corrected chi connectivity index (χ0v) is 13.8. The molecule has 0 aliphatic carbocycles. The molecule has 1 aliphatic heterocycles. The van der Waals surface area contributed by atoms with E-state index in [4.69, 9.17) is 20.9 Å². The zero-order chi connectivity index (χ0) is 16.4. The molecular formula is C16H18ClN3O3. The Morgan fingerprint density at radius 3 is 3.00 bits per heavy atom. The summed E-state index contributed by atoms with van der Waals surface area (Å²) in [4.78, 5) is 18.3. The molecule has 0 bridgehead atoms. The number of carbonyl (C=O) groups is 1. The summed E-state index contributed by atoms with van der Waals surface area (Å²) in [5.41, 5.74) is 0.921. The minimum atomic E-state index is -0.0451. The van der Waals surface area contributed by atoms with Crippen LogP contribution in [-0.2, 0) is 4.79 Å². The van der Waals surface area contributed by atoms with Crippen LogP contribution >= 0.6 is 11.6 Å². The van der Waals surface area contributed by atoms with E-state index in [2.05, 4.69) is 10.1 Å². The van der Waals surface area contributed by atoms with Crippen LogP contribution < -0.4 is 4.74 Å². The molecule has 1 fully saturated rings. The second-order valence-corrected chi connectivity index (χ2v) is 6.11. The molecule has 1 aromatic carbocycles. The van der Waals surface area contributed by atoms with E-state index < -0.39 is 0 Å². The van der Waals surface area contributed by atoms with Crippen molar-refractivity contribution in [2.75, 3.05) is 19.7 Å². The summed E-state index contributed by atoms with van der Waals surface area (Å²) >= 11 is 5.97. The van der Waals surface area contributed by atoms with Gasteiger partial charge in [-0.05, 0) is 44.0 Å². The van der Waals surface area contributed by atoms with Crippen LogP contribution in [0.5, 0.6) is 5.75 Å². The summed E-state index contributed by atoms with van der Waals surface area (Å²) < 4.78 is 10.7. The van der Waals surface area contributed by atoms with E-state index in [-0.39, 0.29) is 18.4 Å². The van der Waals surface area contributed by atoms with E-state index in [0.29, 0.717) is 35.6 Å². The van der Waals surface area contributed by atoms with Crippen molar-refractivity contribution in [2.45, 2.75) is 26.2 Å². The van der Waals surface area contributed by atoms with E-state index in [0.717, 1.165) is 12.0 Å². The lowest BCUT2D eigenvalue weighted by Gasteiger charge is -2.16. The van der Waals surface area contributed by atoms with Gasteiger partial charge in [-0.15, -0.1) is 0 Å². The van der Waals surface area contributed by atoms with Crippen LogP contribution in [0, 0.1) is 13.8 Å². The van der Waals surface area contributed by atoms with Gasteiger partial charge in [-0.2, -0.15) is 4.98 Å². The molecule has 3 rings (SSSR count). The van der Waals surface area contributed by atoms with Gasteiger partial charge in [0.1, 0.15) is 5.75 Å². The highest BCUT2D eigenvalue weighted by Gasteiger charge is 2.30. The number of nitrogens with zero attached hydrogens (tertiary/aromatic N) is 3. The number of carbonyl (C=O) groups excluding carboxylic acids is 1. The number of amides is 1. The number of halogens is 1. The fourth-order valence-corrected chi connectivity index (χ4v) is 2.73. The summed E-state index contributed by atoms with van der Waals surface area (Å²) in [6.45, 7) is 4.95. The minimum Gasteiger partial charge on any atom is -0.484 e. The highest BCUT2D eigenvalue weighted by atomic mass is 35.5. The van der Waals surface area contributed by atoms with Crippen LogP contribution in [0.2, 0.25) is 5.02 Å². The Morgan fingerprint density at radius 2 is 2.30 bits per heavy atom. The summed E-state index contributed by atoms with van der Waals surface area (Å²) in [5.74, 6) is 1.93. The van der Waals surface area contributed by atoms with Gasteiger partial charge in [0.25, 0.3) is 5.91 Å². The van der Waals surface area contributed by atoms with Crippen LogP contribution in [-0.4, -0.2) is 40.6 Å². The lowest BCUT2D eigenvalue weighted by atomic mass is 10.1. The number of aromatic nitrogens is 2. The lowest BCUT2D eigenvalue weighted by molar-refractivity contribution is -0.132. The normalized spacial score (nSPS) is 17.5. The maximum atomic E-state index is 12.3. The van der Waals surface area contributed by atoms with E-state index in [1.807, 2.05) is 13.0 Å². The number of hydrogen-bond acceptors (Lipinski definition) is 5. The van der Waals surface area contributed by atoms with Crippen LogP contribution in [0.25, 0.3) is 0 Å². The highest BCUT2D eigenvalue weighted by molar-refractivity contribution is 6.31. The molecule has 6 nitrogen and oxygen atoms in total. The molecule has 2 aromatic rings. The second kappa shape index (κ2) is 6.58. The molecule has 0 radical (unpaired) electrons. The molecule has 23 heavy (non-hydrogen) atoms. The van der Waals surface area contributed by atoms with E-state index in [1.54, 1.807) is 24.0 Å². The van der Waals surface area contributed by atoms with Gasteiger partial charge >= 0.3 is 0 Å². The minimum absolute atomic E-state index is 0.0106. The number of benzene rings is 1. The van der Waals surface area contributed by atoms with Crippen molar-refractivity contribution < 1.29 is 14.1 Å². The summed E-state index contributed by atoms with van der Waals surface area (Å²) in [5, 5.41) is 4.48. The third-order valence-corrected chi connectivity index (χ3v) is 4.35. The molecule has 1 atom stereocenters. The Morgan fingerprint density at radius 1 is 1.48 bits per heavy atom. The molecule has 1 aliphatic rings. The number of ether oxygens (including phenoxy) is 1. The molecule has 0 N–H and O–H groups in total. The number of rotatable bonds is 4. The summed E-state index contributed by atoms with van der Waals surface area (Å²) in [6, 6.07) is 5.35. The van der Waals surface area contributed by atoms with Gasteiger partial charge in [-0.1, -0.05) is 16.8 Å². The van der Waals surface area contributed by atoms with Crippen molar-refractivity contribution in [3.63, 3.8) is 0 Å². The second-order valence-electron chi connectivity index (χ2n) is 5.70. The average Bonchev–Trinajstić information content (AvgIpc) is 3.17. The average molecular weight is 336 g/mol. The van der Waals surface area contributed by atoms with Gasteiger partial charge in [0.05, 0.1) is 5.92 Å². The first kappa shape index (κ1) is 15.8. The van der Waals surface area contributed by atoms with Gasteiger partial charge in [-0.25, -0.2) is 0 Å². The molecule has 1 aromatic heterocycles. The van der Waals surface area contributed by atoms with Crippen molar-refractivity contribution in [1.29, 1.82) is 0 Å². The van der Waals surface area contributed by atoms with Gasteiger partial charge in [-0.3, -0.25) is 4.79 Å². The first-order valence-electron chi connectivity index (χ1n) is 7.50. The SMILES string of the molecule is Cc1noc([C@@H]2CCN(C(=O)COc3ccc(Cl)c(C)c3)C2)n1. The predicted molar refractivity (Wildman–Crippen MR) is 84.7 cm³/mol. The van der Waals surface area contributed by atoms with Crippen LogP contribution in [0.15, 0.2) is 22.7 Å². The van der Waals surface area contributed by atoms with Crippen molar-refractivity contribution >= 4 is 17.5 Å². The topological polar surface area (TPSA) is 68.5 Å². The number of likely N-dealkylation sites (tertiary alicyclic amines) is 1. The quantitative estimate of drug-likeness (QED) is 0.859. The van der Waals surface area contributed by atoms with Gasteiger partial charge in [0.2, 0.25) is 5.89 Å². The Labute approximate surface area is 139 Å². The zero-order valence-electron chi connectivity index (χ0n) is 13.1. The van der Waals surface area contributed by atoms with Crippen LogP contribution in [0.4, 0.5) is 0 Å². The van der Waals surface area contributed by atoms with Gasteiger partial charge in [0, 0.05) is 18.1 Å². The fraction of sp³-hybridized carbons (Fsp3) is 0.438. The summed E-state index contributed by atoms with van der Waals surface area (Å²) in [7, 11) is 0. The largest absolute Gasteiger partial charge is 0.484 e. The smallest absolute Gasteiger partial charge is 0.260 e.